The van der Waals surface area contributed by atoms with E-state index in [0.717, 1.165) is 25.2 Å². The molecule has 0 spiro atoms. The van der Waals surface area contributed by atoms with E-state index in [4.69, 9.17) is 0 Å². The van der Waals surface area contributed by atoms with Gasteiger partial charge in [-0.05, 0) is 30.7 Å². The maximum Gasteiger partial charge on any atom is 0.0872 e. The lowest BCUT2D eigenvalue weighted by Gasteiger charge is -2.44. The van der Waals surface area contributed by atoms with E-state index in [1.54, 1.807) is 0 Å². The van der Waals surface area contributed by atoms with E-state index < -0.39 is 5.60 Å². The molecule has 0 saturated carbocycles. The maximum atomic E-state index is 9.68. The smallest absolute Gasteiger partial charge is 0.0872 e. The molecule has 1 saturated heterocycles. The average Bonchev–Trinajstić information content (AvgIpc) is 2.26. The Morgan fingerprint density at radius 2 is 2.18 bits per heavy atom. The van der Waals surface area contributed by atoms with E-state index in [1.165, 1.54) is 10.9 Å². The van der Waals surface area contributed by atoms with Crippen molar-refractivity contribution in [2.45, 2.75) is 19.1 Å². The summed E-state index contributed by atoms with van der Waals surface area (Å²) >= 11 is 0. The zero-order valence-corrected chi connectivity index (χ0v) is 9.93. The summed E-state index contributed by atoms with van der Waals surface area (Å²) in [5.74, 6) is 0. The molecule has 1 aliphatic heterocycles. The number of fused-ring (bicyclic) bond motifs is 1. The first-order valence-corrected chi connectivity index (χ1v) is 5.91. The highest BCUT2D eigenvalue weighted by Gasteiger charge is 2.35. The number of rotatable bonds is 2. The van der Waals surface area contributed by atoms with Gasteiger partial charge in [-0.1, -0.05) is 12.1 Å². The van der Waals surface area contributed by atoms with E-state index >= 15 is 0 Å². The van der Waals surface area contributed by atoms with Crippen molar-refractivity contribution >= 4 is 10.9 Å². The molecule has 0 atom stereocenters. The van der Waals surface area contributed by atoms with Crippen molar-refractivity contribution in [3.63, 3.8) is 0 Å². The lowest BCUT2D eigenvalue weighted by molar-refractivity contribution is -0.0871. The average molecular weight is 228 g/mol. The summed E-state index contributed by atoms with van der Waals surface area (Å²) in [5, 5.41) is 10.9. The highest BCUT2D eigenvalue weighted by molar-refractivity contribution is 5.78. The van der Waals surface area contributed by atoms with Crippen molar-refractivity contribution in [3.8, 4) is 0 Å². The minimum absolute atomic E-state index is 0.488. The Morgan fingerprint density at radius 3 is 2.94 bits per heavy atom. The molecule has 0 bridgehead atoms. The molecule has 2 heterocycles. The first-order valence-electron chi connectivity index (χ1n) is 5.91. The molecule has 1 aliphatic rings. The molecular weight excluding hydrogens is 212 g/mol. The van der Waals surface area contributed by atoms with Crippen LogP contribution in [0.4, 0.5) is 0 Å². The summed E-state index contributed by atoms with van der Waals surface area (Å²) in [6.45, 7) is 4.31. The van der Waals surface area contributed by atoms with Gasteiger partial charge in [0.25, 0.3) is 0 Å². The number of β-amino-alcohol motifs (C(OH)–C–C–N with tert-alkyl or cyclic N) is 1. The topological polar surface area (TPSA) is 36.4 Å². The van der Waals surface area contributed by atoms with Crippen LogP contribution in [0.1, 0.15) is 12.5 Å². The molecule has 3 rings (SSSR count). The van der Waals surface area contributed by atoms with Crippen LogP contribution in [0.2, 0.25) is 0 Å². The van der Waals surface area contributed by atoms with Crippen LogP contribution in [-0.4, -0.2) is 33.7 Å². The maximum absolute atomic E-state index is 9.68. The highest BCUT2D eigenvalue weighted by Crippen LogP contribution is 2.23. The fourth-order valence-electron chi connectivity index (χ4n) is 2.51. The van der Waals surface area contributed by atoms with Gasteiger partial charge in [0, 0.05) is 31.2 Å². The van der Waals surface area contributed by atoms with Crippen LogP contribution in [0.5, 0.6) is 0 Å². The summed E-state index contributed by atoms with van der Waals surface area (Å²) in [5.41, 5.74) is 1.83. The van der Waals surface area contributed by atoms with Gasteiger partial charge in [0.1, 0.15) is 0 Å². The standard InChI is InChI=1S/C14H16N2O/c1-14(17)9-16(10-14)8-11-4-5-13-12(7-11)3-2-6-15-13/h2-7,17H,8-10H2,1H3. The van der Waals surface area contributed by atoms with Gasteiger partial charge in [0.15, 0.2) is 0 Å². The van der Waals surface area contributed by atoms with Gasteiger partial charge in [-0.15, -0.1) is 0 Å². The molecule has 88 valence electrons. The van der Waals surface area contributed by atoms with Gasteiger partial charge in [-0.3, -0.25) is 9.88 Å². The van der Waals surface area contributed by atoms with Gasteiger partial charge in [-0.25, -0.2) is 0 Å². The molecule has 1 aromatic heterocycles. The molecule has 17 heavy (non-hydrogen) atoms. The van der Waals surface area contributed by atoms with E-state index in [2.05, 4.69) is 34.1 Å². The quantitative estimate of drug-likeness (QED) is 0.851. The molecule has 1 N–H and O–H groups in total. The summed E-state index contributed by atoms with van der Waals surface area (Å²) in [7, 11) is 0. The Bertz CT molecular complexity index is 543. The highest BCUT2D eigenvalue weighted by atomic mass is 16.3. The molecule has 0 radical (unpaired) electrons. The van der Waals surface area contributed by atoms with Crippen LogP contribution in [-0.2, 0) is 6.54 Å². The van der Waals surface area contributed by atoms with Crippen molar-refractivity contribution < 1.29 is 5.11 Å². The van der Waals surface area contributed by atoms with Gasteiger partial charge >= 0.3 is 0 Å². The summed E-state index contributed by atoms with van der Waals surface area (Å²) in [6.07, 6.45) is 1.81. The monoisotopic (exact) mass is 228 g/mol. The molecule has 3 nitrogen and oxygen atoms in total. The third-order valence-electron chi connectivity index (χ3n) is 3.20. The number of benzene rings is 1. The second-order valence-corrected chi connectivity index (χ2v) is 5.17. The molecule has 0 unspecified atom stereocenters. The predicted octanol–water partition coefficient (Wildman–Crippen LogP) is 1.80. The normalized spacial score (nSPS) is 19.2. The van der Waals surface area contributed by atoms with Crippen molar-refractivity contribution in [1.82, 2.24) is 9.88 Å². The molecule has 1 fully saturated rings. The molecule has 0 amide bonds. The van der Waals surface area contributed by atoms with Gasteiger partial charge in [0.05, 0.1) is 11.1 Å². The summed E-state index contributed by atoms with van der Waals surface area (Å²) in [4.78, 5) is 6.55. The SMILES string of the molecule is CC1(O)CN(Cc2ccc3ncccc3c2)C1. The number of hydrogen-bond acceptors (Lipinski definition) is 3. The summed E-state index contributed by atoms with van der Waals surface area (Å²) in [6, 6.07) is 10.4. The van der Waals surface area contributed by atoms with Crippen molar-refractivity contribution in [3.05, 3.63) is 42.1 Å². The number of nitrogens with zero attached hydrogens (tertiary/aromatic N) is 2. The minimum Gasteiger partial charge on any atom is -0.388 e. The lowest BCUT2D eigenvalue weighted by atomic mass is 9.96. The van der Waals surface area contributed by atoms with E-state index in [-0.39, 0.29) is 0 Å². The molecule has 2 aromatic rings. The zero-order chi connectivity index (χ0) is 11.9. The second kappa shape index (κ2) is 3.79. The number of pyridine rings is 1. The molecule has 0 aliphatic carbocycles. The summed E-state index contributed by atoms with van der Waals surface area (Å²) < 4.78 is 0. The van der Waals surface area contributed by atoms with Gasteiger partial charge in [-0.2, -0.15) is 0 Å². The van der Waals surface area contributed by atoms with Crippen molar-refractivity contribution in [1.29, 1.82) is 0 Å². The largest absolute Gasteiger partial charge is 0.388 e. The fourth-order valence-corrected chi connectivity index (χ4v) is 2.51. The molecular formula is C14H16N2O. The van der Waals surface area contributed by atoms with Crippen LogP contribution < -0.4 is 0 Å². The Hall–Kier alpha value is -1.45. The Balaban J connectivity index is 1.78. The fraction of sp³-hybridized carbons (Fsp3) is 0.357. The number of hydrogen-bond donors (Lipinski definition) is 1. The van der Waals surface area contributed by atoms with Crippen LogP contribution in [0.15, 0.2) is 36.5 Å². The van der Waals surface area contributed by atoms with E-state index in [0.29, 0.717) is 0 Å². The van der Waals surface area contributed by atoms with Crippen molar-refractivity contribution in [2.75, 3.05) is 13.1 Å². The predicted molar refractivity (Wildman–Crippen MR) is 67.6 cm³/mol. The number of aromatic nitrogens is 1. The van der Waals surface area contributed by atoms with Crippen LogP contribution in [0, 0.1) is 0 Å². The van der Waals surface area contributed by atoms with E-state index in [9.17, 15) is 5.11 Å². The Morgan fingerprint density at radius 1 is 1.35 bits per heavy atom. The first kappa shape index (κ1) is 10.7. The third kappa shape index (κ3) is 2.16. The van der Waals surface area contributed by atoms with Crippen LogP contribution in [0.3, 0.4) is 0 Å². The molecule has 3 heteroatoms. The van der Waals surface area contributed by atoms with Crippen LogP contribution in [0.25, 0.3) is 10.9 Å². The zero-order valence-electron chi connectivity index (χ0n) is 9.93. The van der Waals surface area contributed by atoms with E-state index in [1.807, 2.05) is 19.2 Å². The second-order valence-electron chi connectivity index (χ2n) is 5.17. The lowest BCUT2D eigenvalue weighted by Crippen LogP contribution is -2.59. The van der Waals surface area contributed by atoms with Gasteiger partial charge in [0.2, 0.25) is 0 Å². The molecule has 1 aromatic carbocycles. The number of likely N-dealkylation sites (tertiary alicyclic amines) is 1. The van der Waals surface area contributed by atoms with Gasteiger partial charge < -0.3 is 5.11 Å². The Labute approximate surface area is 101 Å². The first-order chi connectivity index (χ1) is 8.12. The minimum atomic E-state index is -0.488. The third-order valence-corrected chi connectivity index (χ3v) is 3.20. The Kier molecular flexibility index (Phi) is 2.38. The van der Waals surface area contributed by atoms with Crippen LogP contribution >= 0.6 is 0 Å². The van der Waals surface area contributed by atoms with Crippen molar-refractivity contribution in [2.24, 2.45) is 0 Å². The number of aliphatic hydroxyl groups is 1.